The largest absolute Gasteiger partial charge is 0.342 e. The number of nitrogens with zero attached hydrogens (tertiary/aromatic N) is 3. The summed E-state index contributed by atoms with van der Waals surface area (Å²) in [6.45, 7) is 0.168. The zero-order valence-electron chi connectivity index (χ0n) is 13.8. The van der Waals surface area contributed by atoms with Crippen molar-refractivity contribution in [3.63, 3.8) is 0 Å². The highest BCUT2D eigenvalue weighted by Gasteiger charge is 2.17. The molecule has 0 aliphatic carbocycles. The monoisotopic (exact) mass is 373 g/mol. The molecule has 2 aromatic heterocycles. The first-order valence-electron chi connectivity index (χ1n) is 7.77. The number of hydrogen-bond donors (Lipinski definition) is 2. The van der Waals surface area contributed by atoms with Gasteiger partial charge < -0.3 is 15.2 Å². The van der Waals surface area contributed by atoms with Gasteiger partial charge in [0.15, 0.2) is 5.82 Å². The Labute approximate surface area is 151 Å². The highest BCUT2D eigenvalue weighted by atomic mass is 19.1. The molecule has 10 heteroatoms. The topological polar surface area (TPSA) is 110 Å². The van der Waals surface area contributed by atoms with Crippen LogP contribution < -0.4 is 10.6 Å². The van der Waals surface area contributed by atoms with Crippen LogP contribution in [0.3, 0.4) is 0 Å². The van der Waals surface area contributed by atoms with Crippen LogP contribution in [0.5, 0.6) is 0 Å². The SMILES string of the molecule is O=C(Cc1noc(C(=O)NCc2ccccn2)n1)Nc1ccc(F)cc1F. The molecule has 3 rings (SSSR count). The third-order valence-electron chi connectivity index (χ3n) is 3.34. The summed E-state index contributed by atoms with van der Waals surface area (Å²) in [6.07, 6.45) is 1.24. The van der Waals surface area contributed by atoms with Crippen molar-refractivity contribution in [2.24, 2.45) is 0 Å². The van der Waals surface area contributed by atoms with Crippen molar-refractivity contribution in [2.45, 2.75) is 13.0 Å². The van der Waals surface area contributed by atoms with Gasteiger partial charge >= 0.3 is 11.8 Å². The van der Waals surface area contributed by atoms with Crippen molar-refractivity contribution in [3.05, 3.63) is 71.6 Å². The number of pyridine rings is 1. The Kier molecular flexibility index (Phi) is 5.45. The zero-order chi connectivity index (χ0) is 19.2. The highest BCUT2D eigenvalue weighted by molar-refractivity contribution is 5.92. The molecule has 0 radical (unpaired) electrons. The average molecular weight is 373 g/mol. The Hall–Kier alpha value is -3.69. The standard InChI is InChI=1S/C17H13F2N5O3/c18-10-4-5-13(12(19)7-10)22-15(25)8-14-23-17(27-24-14)16(26)21-9-11-3-1-2-6-20-11/h1-7H,8-9H2,(H,21,26)(H,22,25). The van der Waals surface area contributed by atoms with Crippen LogP contribution in [0.15, 0.2) is 47.1 Å². The molecule has 0 spiro atoms. The van der Waals surface area contributed by atoms with E-state index in [0.29, 0.717) is 11.8 Å². The molecule has 27 heavy (non-hydrogen) atoms. The van der Waals surface area contributed by atoms with Gasteiger partial charge in [-0.1, -0.05) is 11.2 Å². The van der Waals surface area contributed by atoms with Gasteiger partial charge in [0.1, 0.15) is 11.6 Å². The second kappa shape index (κ2) is 8.13. The minimum absolute atomic E-state index is 0.0574. The number of halogens is 2. The Morgan fingerprint density at radius 3 is 2.74 bits per heavy atom. The number of anilines is 1. The average Bonchev–Trinajstić information content (AvgIpc) is 3.11. The number of aromatic nitrogens is 3. The molecule has 2 heterocycles. The molecule has 1 aromatic carbocycles. The van der Waals surface area contributed by atoms with Crippen LogP contribution in [-0.2, 0) is 17.8 Å². The molecular formula is C17H13F2N5O3. The summed E-state index contributed by atoms with van der Waals surface area (Å²) >= 11 is 0. The lowest BCUT2D eigenvalue weighted by Crippen LogP contribution is -2.23. The van der Waals surface area contributed by atoms with E-state index in [9.17, 15) is 18.4 Å². The minimum Gasteiger partial charge on any atom is -0.342 e. The van der Waals surface area contributed by atoms with E-state index in [1.54, 1.807) is 24.4 Å². The van der Waals surface area contributed by atoms with Crippen LogP contribution >= 0.6 is 0 Å². The quantitative estimate of drug-likeness (QED) is 0.682. The Bertz CT molecular complexity index is 962. The van der Waals surface area contributed by atoms with Crippen LogP contribution in [-0.4, -0.2) is 26.9 Å². The first-order chi connectivity index (χ1) is 13.0. The second-order valence-electron chi connectivity index (χ2n) is 5.37. The molecule has 138 valence electrons. The van der Waals surface area contributed by atoms with Crippen molar-refractivity contribution >= 4 is 17.5 Å². The lowest BCUT2D eigenvalue weighted by molar-refractivity contribution is -0.115. The van der Waals surface area contributed by atoms with Crippen molar-refractivity contribution in [3.8, 4) is 0 Å². The molecule has 0 atom stereocenters. The number of rotatable bonds is 6. The number of carbonyl (C=O) groups is 2. The fraction of sp³-hybridized carbons (Fsp3) is 0.118. The first kappa shape index (κ1) is 18.1. The van der Waals surface area contributed by atoms with Crippen LogP contribution in [0.4, 0.5) is 14.5 Å². The fourth-order valence-electron chi connectivity index (χ4n) is 2.10. The maximum absolute atomic E-state index is 13.5. The van der Waals surface area contributed by atoms with Gasteiger partial charge in [-0.15, -0.1) is 0 Å². The van der Waals surface area contributed by atoms with Gasteiger partial charge in [-0.2, -0.15) is 4.98 Å². The van der Waals surface area contributed by atoms with Gasteiger partial charge in [-0.25, -0.2) is 8.78 Å². The van der Waals surface area contributed by atoms with Gasteiger partial charge in [0.25, 0.3) is 0 Å². The predicted molar refractivity (Wildman–Crippen MR) is 88.4 cm³/mol. The molecule has 3 aromatic rings. The molecule has 0 aliphatic rings. The number of amides is 2. The molecule has 0 saturated carbocycles. The molecular weight excluding hydrogens is 360 g/mol. The van der Waals surface area contributed by atoms with E-state index in [2.05, 4.69) is 25.8 Å². The highest BCUT2D eigenvalue weighted by Crippen LogP contribution is 2.15. The smallest absolute Gasteiger partial charge is 0.315 e. The zero-order valence-corrected chi connectivity index (χ0v) is 13.8. The van der Waals surface area contributed by atoms with E-state index in [4.69, 9.17) is 4.52 Å². The van der Waals surface area contributed by atoms with Gasteiger partial charge in [0, 0.05) is 12.3 Å². The summed E-state index contributed by atoms with van der Waals surface area (Å²) in [4.78, 5) is 31.7. The lowest BCUT2D eigenvalue weighted by Gasteiger charge is -2.04. The number of nitrogens with one attached hydrogen (secondary N) is 2. The van der Waals surface area contributed by atoms with Crippen LogP contribution in [0, 0.1) is 11.6 Å². The van der Waals surface area contributed by atoms with Crippen LogP contribution in [0.1, 0.15) is 22.2 Å². The van der Waals surface area contributed by atoms with E-state index in [-0.39, 0.29) is 30.4 Å². The summed E-state index contributed by atoms with van der Waals surface area (Å²) < 4.78 is 31.2. The van der Waals surface area contributed by atoms with Crippen molar-refractivity contribution in [2.75, 3.05) is 5.32 Å². The van der Waals surface area contributed by atoms with E-state index < -0.39 is 23.4 Å². The number of hydrogen-bond acceptors (Lipinski definition) is 6. The lowest BCUT2D eigenvalue weighted by atomic mass is 10.3. The third kappa shape index (κ3) is 4.91. The predicted octanol–water partition coefficient (Wildman–Crippen LogP) is 1.85. The maximum atomic E-state index is 13.5. The summed E-state index contributed by atoms with van der Waals surface area (Å²) in [6, 6.07) is 8.01. The normalized spacial score (nSPS) is 10.4. The summed E-state index contributed by atoms with van der Waals surface area (Å²) in [7, 11) is 0. The number of carbonyl (C=O) groups excluding carboxylic acids is 2. The van der Waals surface area contributed by atoms with Crippen LogP contribution in [0.25, 0.3) is 0 Å². The molecule has 0 unspecified atom stereocenters. The third-order valence-corrected chi connectivity index (χ3v) is 3.34. The van der Waals surface area contributed by atoms with Gasteiger partial charge in [-0.05, 0) is 24.3 Å². The maximum Gasteiger partial charge on any atom is 0.315 e. The molecule has 8 nitrogen and oxygen atoms in total. The van der Waals surface area contributed by atoms with Gasteiger partial charge in [-0.3, -0.25) is 14.6 Å². The van der Waals surface area contributed by atoms with Gasteiger partial charge in [0.2, 0.25) is 5.91 Å². The minimum atomic E-state index is -0.911. The molecule has 0 bridgehead atoms. The van der Waals surface area contributed by atoms with E-state index in [0.717, 1.165) is 12.1 Å². The number of benzene rings is 1. The first-order valence-corrected chi connectivity index (χ1v) is 7.77. The molecule has 2 amide bonds. The van der Waals surface area contributed by atoms with E-state index in [1.807, 2.05) is 0 Å². The van der Waals surface area contributed by atoms with Crippen molar-refractivity contribution in [1.29, 1.82) is 0 Å². The van der Waals surface area contributed by atoms with Crippen LogP contribution in [0.2, 0.25) is 0 Å². The second-order valence-corrected chi connectivity index (χ2v) is 5.37. The Balaban J connectivity index is 1.55. The molecule has 0 saturated heterocycles. The molecule has 0 aliphatic heterocycles. The fourth-order valence-corrected chi connectivity index (χ4v) is 2.10. The van der Waals surface area contributed by atoms with Crippen molar-refractivity contribution in [1.82, 2.24) is 20.4 Å². The Morgan fingerprint density at radius 1 is 1.15 bits per heavy atom. The van der Waals surface area contributed by atoms with E-state index >= 15 is 0 Å². The molecule has 0 fully saturated rings. The summed E-state index contributed by atoms with van der Waals surface area (Å²) in [5.41, 5.74) is 0.463. The summed E-state index contributed by atoms with van der Waals surface area (Å²) in [5.74, 6) is -3.32. The van der Waals surface area contributed by atoms with Gasteiger partial charge in [0.05, 0.1) is 24.3 Å². The summed E-state index contributed by atoms with van der Waals surface area (Å²) in [5, 5.41) is 8.34. The van der Waals surface area contributed by atoms with E-state index in [1.165, 1.54) is 0 Å². The molecule has 2 N–H and O–H groups in total. The Morgan fingerprint density at radius 2 is 2.00 bits per heavy atom. The van der Waals surface area contributed by atoms with Crippen molar-refractivity contribution < 1.29 is 22.9 Å².